The van der Waals surface area contributed by atoms with Crippen LogP contribution in [0.4, 0.5) is 4.39 Å². The first-order chi connectivity index (χ1) is 6.76. The summed E-state index contributed by atoms with van der Waals surface area (Å²) in [5, 5.41) is 1.82. The Kier molecular flexibility index (Phi) is 2.88. The number of rotatable bonds is 2. The molecule has 0 atom stereocenters. The summed E-state index contributed by atoms with van der Waals surface area (Å²) in [6, 6.07) is 5.72. The molecule has 2 rings (SSSR count). The highest BCUT2D eigenvalue weighted by Gasteiger charge is 2.08. The number of aryl methyl sites for hydroxylation is 1. The topological polar surface area (TPSA) is 0 Å². The molecule has 0 unspecified atom stereocenters. The summed E-state index contributed by atoms with van der Waals surface area (Å²) in [5.74, 6) is 0. The fourth-order valence-corrected chi connectivity index (χ4v) is 3.07. The van der Waals surface area contributed by atoms with Crippen molar-refractivity contribution in [2.75, 3.05) is 0 Å². The number of alkyl halides is 1. The van der Waals surface area contributed by atoms with E-state index in [2.05, 4.69) is 28.9 Å². The van der Waals surface area contributed by atoms with Gasteiger partial charge in [0.1, 0.15) is 0 Å². The van der Waals surface area contributed by atoms with Gasteiger partial charge in [-0.3, -0.25) is 0 Å². The number of benzene rings is 1. The number of halogens is 2. The second-order valence-electron chi connectivity index (χ2n) is 3.15. The molecule has 2 aromatic rings. The van der Waals surface area contributed by atoms with E-state index in [0.717, 1.165) is 21.8 Å². The Morgan fingerprint density at radius 1 is 1.43 bits per heavy atom. The van der Waals surface area contributed by atoms with Crippen molar-refractivity contribution in [2.24, 2.45) is 0 Å². The lowest BCUT2D eigenvalue weighted by Gasteiger charge is -2.05. The van der Waals surface area contributed by atoms with Gasteiger partial charge < -0.3 is 0 Å². The molecule has 74 valence electrons. The van der Waals surface area contributed by atoms with Crippen LogP contribution in [0.3, 0.4) is 0 Å². The predicted molar refractivity (Wildman–Crippen MR) is 63.8 cm³/mol. The van der Waals surface area contributed by atoms with Gasteiger partial charge in [-0.15, -0.1) is 11.3 Å². The molecule has 1 aromatic carbocycles. The van der Waals surface area contributed by atoms with Gasteiger partial charge in [0.2, 0.25) is 0 Å². The van der Waals surface area contributed by atoms with E-state index in [0.29, 0.717) is 0 Å². The van der Waals surface area contributed by atoms with Crippen LogP contribution in [0.1, 0.15) is 18.1 Å². The molecule has 0 saturated carbocycles. The van der Waals surface area contributed by atoms with Crippen LogP contribution in [0.5, 0.6) is 0 Å². The van der Waals surface area contributed by atoms with E-state index in [1.807, 2.05) is 6.07 Å². The minimum atomic E-state index is -0.0959. The first-order valence-corrected chi connectivity index (χ1v) is 6.45. The summed E-state index contributed by atoms with van der Waals surface area (Å²) in [4.78, 5) is 0. The third-order valence-electron chi connectivity index (χ3n) is 2.38. The second kappa shape index (κ2) is 3.99. The van der Waals surface area contributed by atoms with Gasteiger partial charge in [0.15, 0.2) is 5.13 Å². The second-order valence-corrected chi connectivity index (χ2v) is 4.75. The molecule has 1 heterocycles. The molecule has 0 aliphatic heterocycles. The molecule has 0 radical (unpaired) electrons. The highest BCUT2D eigenvalue weighted by molar-refractivity contribution is 9.08. The average Bonchev–Trinajstić information content (AvgIpc) is 2.56. The van der Waals surface area contributed by atoms with Crippen molar-refractivity contribution >= 4 is 37.4 Å². The van der Waals surface area contributed by atoms with Crippen LogP contribution in [0.15, 0.2) is 18.2 Å². The zero-order valence-corrected chi connectivity index (χ0v) is 10.2. The number of hydrogen-bond donors (Lipinski definition) is 0. The molecule has 3 heteroatoms. The van der Waals surface area contributed by atoms with Crippen molar-refractivity contribution in [2.45, 2.75) is 18.7 Å². The Bertz CT molecular complexity index is 462. The molecule has 0 fully saturated rings. The van der Waals surface area contributed by atoms with Gasteiger partial charge in [0.25, 0.3) is 0 Å². The van der Waals surface area contributed by atoms with E-state index in [9.17, 15) is 4.39 Å². The molecule has 0 aliphatic rings. The summed E-state index contributed by atoms with van der Waals surface area (Å²) in [5.41, 5.74) is 2.53. The fraction of sp³-hybridized carbons (Fsp3) is 0.273. The quantitative estimate of drug-likeness (QED) is 0.707. The van der Waals surface area contributed by atoms with Gasteiger partial charge in [-0.2, -0.15) is 4.39 Å². The van der Waals surface area contributed by atoms with Crippen molar-refractivity contribution in [1.82, 2.24) is 0 Å². The van der Waals surface area contributed by atoms with Crippen LogP contribution in [0, 0.1) is 5.13 Å². The molecular weight excluding hydrogens is 263 g/mol. The van der Waals surface area contributed by atoms with Crippen molar-refractivity contribution in [3.8, 4) is 0 Å². The smallest absolute Gasteiger partial charge is 0.177 e. The van der Waals surface area contributed by atoms with Crippen LogP contribution < -0.4 is 0 Å². The van der Waals surface area contributed by atoms with Gasteiger partial charge >= 0.3 is 0 Å². The van der Waals surface area contributed by atoms with Crippen molar-refractivity contribution in [3.63, 3.8) is 0 Å². The maximum Gasteiger partial charge on any atom is 0.177 e. The third kappa shape index (κ3) is 1.59. The van der Waals surface area contributed by atoms with E-state index in [1.165, 1.54) is 22.5 Å². The Balaban J connectivity index is 2.75. The largest absolute Gasteiger partial charge is 0.195 e. The van der Waals surface area contributed by atoms with Crippen molar-refractivity contribution < 1.29 is 4.39 Å². The Labute approximate surface area is 94.9 Å². The minimum Gasteiger partial charge on any atom is -0.195 e. The average molecular weight is 273 g/mol. The summed E-state index contributed by atoms with van der Waals surface area (Å²) < 4.78 is 14.1. The standard InChI is InChI=1S/C11H10BrFS/c1-2-8-7(6-12)3-4-10-9(8)5-11(13)14-10/h3-5H,2,6H2,1H3. The van der Waals surface area contributed by atoms with Gasteiger partial charge in [-0.1, -0.05) is 28.9 Å². The van der Waals surface area contributed by atoms with Crippen LogP contribution in [-0.2, 0) is 11.8 Å². The monoisotopic (exact) mass is 272 g/mol. The lowest BCUT2D eigenvalue weighted by molar-refractivity contribution is 0.658. The van der Waals surface area contributed by atoms with Crippen LogP contribution in [-0.4, -0.2) is 0 Å². The first kappa shape index (κ1) is 10.1. The lowest BCUT2D eigenvalue weighted by Crippen LogP contribution is -1.89. The number of hydrogen-bond acceptors (Lipinski definition) is 1. The Morgan fingerprint density at radius 2 is 2.21 bits per heavy atom. The summed E-state index contributed by atoms with van der Waals surface area (Å²) in [7, 11) is 0. The van der Waals surface area contributed by atoms with Crippen molar-refractivity contribution in [3.05, 3.63) is 34.5 Å². The summed E-state index contributed by atoms with van der Waals surface area (Å²) >= 11 is 4.67. The molecular formula is C11H10BrFS. The maximum atomic E-state index is 13.1. The Hall–Kier alpha value is -0.410. The summed E-state index contributed by atoms with van der Waals surface area (Å²) in [6.07, 6.45) is 0.953. The van der Waals surface area contributed by atoms with Crippen LogP contribution >= 0.6 is 27.3 Å². The van der Waals surface area contributed by atoms with E-state index in [4.69, 9.17) is 0 Å². The molecule has 1 aromatic heterocycles. The first-order valence-electron chi connectivity index (χ1n) is 4.52. The van der Waals surface area contributed by atoms with E-state index < -0.39 is 0 Å². The van der Waals surface area contributed by atoms with Gasteiger partial charge in [0, 0.05) is 10.0 Å². The molecule has 14 heavy (non-hydrogen) atoms. The maximum absolute atomic E-state index is 13.1. The molecule has 0 bridgehead atoms. The molecule has 0 N–H and O–H groups in total. The zero-order valence-electron chi connectivity index (χ0n) is 7.81. The molecule has 0 spiro atoms. The molecule has 0 amide bonds. The van der Waals surface area contributed by atoms with E-state index in [1.54, 1.807) is 6.07 Å². The highest BCUT2D eigenvalue weighted by Crippen LogP contribution is 2.30. The van der Waals surface area contributed by atoms with E-state index in [-0.39, 0.29) is 5.13 Å². The molecule has 0 saturated heterocycles. The van der Waals surface area contributed by atoms with Crippen molar-refractivity contribution in [1.29, 1.82) is 0 Å². The fourth-order valence-electron chi connectivity index (χ4n) is 1.73. The SMILES string of the molecule is CCc1c(CBr)ccc2sc(F)cc12. The van der Waals surface area contributed by atoms with Crippen LogP contribution in [0.25, 0.3) is 10.1 Å². The highest BCUT2D eigenvalue weighted by atomic mass is 79.9. The third-order valence-corrected chi connectivity index (χ3v) is 3.87. The normalized spacial score (nSPS) is 11.1. The van der Waals surface area contributed by atoms with Gasteiger partial charge in [-0.05, 0) is 35.1 Å². The van der Waals surface area contributed by atoms with Gasteiger partial charge in [-0.25, -0.2) is 0 Å². The lowest BCUT2D eigenvalue weighted by atomic mass is 10.0. The minimum absolute atomic E-state index is 0.0959. The number of thiophene rings is 1. The zero-order chi connectivity index (χ0) is 10.1. The molecule has 0 nitrogen and oxygen atoms in total. The number of fused-ring (bicyclic) bond motifs is 1. The van der Waals surface area contributed by atoms with Crippen LogP contribution in [0.2, 0.25) is 0 Å². The predicted octanol–water partition coefficient (Wildman–Crippen LogP) is 4.50. The Morgan fingerprint density at radius 3 is 2.86 bits per heavy atom. The molecule has 0 aliphatic carbocycles. The summed E-state index contributed by atoms with van der Waals surface area (Å²) in [6.45, 7) is 2.11. The van der Waals surface area contributed by atoms with Gasteiger partial charge in [0.05, 0.1) is 0 Å². The van der Waals surface area contributed by atoms with E-state index >= 15 is 0 Å².